The van der Waals surface area contributed by atoms with Crippen LogP contribution in [0.2, 0.25) is 5.02 Å². The fourth-order valence-electron chi connectivity index (χ4n) is 1.56. The van der Waals surface area contributed by atoms with Gasteiger partial charge in [0.25, 0.3) is 0 Å². The molecule has 2 aromatic carbocycles. The van der Waals surface area contributed by atoms with Crippen LogP contribution in [-0.4, -0.2) is 18.3 Å². The van der Waals surface area contributed by atoms with Crippen LogP contribution >= 0.6 is 11.6 Å². The molecule has 1 amide bonds. The first kappa shape index (κ1) is 14.0. The van der Waals surface area contributed by atoms with Crippen molar-refractivity contribution in [3.8, 4) is 17.2 Å². The number of hydrogen-bond donors (Lipinski definition) is 2. The number of carbonyl (C=O) groups is 1. The second-order valence-corrected chi connectivity index (χ2v) is 4.26. The van der Waals surface area contributed by atoms with Gasteiger partial charge in [0, 0.05) is 5.69 Å². The van der Waals surface area contributed by atoms with Gasteiger partial charge >= 0.3 is 6.09 Å². The molecule has 0 saturated heterocycles. The number of carboxylic acid groups (broad SMARTS) is 1. The number of methoxy groups -OCH3 is 1. The van der Waals surface area contributed by atoms with Crippen LogP contribution < -0.4 is 14.8 Å². The van der Waals surface area contributed by atoms with E-state index < -0.39 is 6.09 Å². The van der Waals surface area contributed by atoms with Crippen LogP contribution in [0.1, 0.15) is 0 Å². The summed E-state index contributed by atoms with van der Waals surface area (Å²) in [6.45, 7) is 0. The maximum absolute atomic E-state index is 10.5. The zero-order valence-corrected chi connectivity index (χ0v) is 11.3. The molecule has 6 heteroatoms. The Kier molecular flexibility index (Phi) is 4.32. The van der Waals surface area contributed by atoms with Crippen molar-refractivity contribution in [2.75, 3.05) is 12.4 Å². The third-order valence-electron chi connectivity index (χ3n) is 2.47. The fourth-order valence-corrected chi connectivity index (χ4v) is 1.77. The Bertz CT molecular complexity index is 613. The summed E-state index contributed by atoms with van der Waals surface area (Å²) in [5.41, 5.74) is 0.379. The third kappa shape index (κ3) is 3.55. The Balaban J connectivity index is 2.14. The molecule has 0 aromatic heterocycles. The lowest BCUT2D eigenvalue weighted by Crippen LogP contribution is -2.06. The molecule has 0 fully saturated rings. The van der Waals surface area contributed by atoms with Gasteiger partial charge in [-0.05, 0) is 42.5 Å². The summed E-state index contributed by atoms with van der Waals surface area (Å²) in [7, 11) is 1.58. The van der Waals surface area contributed by atoms with E-state index in [1.54, 1.807) is 43.5 Å². The smallest absolute Gasteiger partial charge is 0.409 e. The summed E-state index contributed by atoms with van der Waals surface area (Å²) < 4.78 is 10.7. The van der Waals surface area contributed by atoms with E-state index in [1.165, 1.54) is 6.07 Å². The average molecular weight is 294 g/mol. The minimum absolute atomic E-state index is 0.312. The first-order valence-electron chi connectivity index (χ1n) is 5.70. The number of benzene rings is 2. The molecule has 0 aliphatic heterocycles. The van der Waals surface area contributed by atoms with Gasteiger partial charge < -0.3 is 14.6 Å². The maximum atomic E-state index is 10.5. The van der Waals surface area contributed by atoms with E-state index in [9.17, 15) is 4.79 Å². The Morgan fingerprint density at radius 2 is 1.80 bits per heavy atom. The highest BCUT2D eigenvalue weighted by atomic mass is 35.5. The molecule has 0 saturated carbocycles. The highest BCUT2D eigenvalue weighted by Gasteiger charge is 2.06. The molecule has 2 aromatic rings. The van der Waals surface area contributed by atoms with Crippen molar-refractivity contribution in [3.63, 3.8) is 0 Å². The predicted octanol–water partition coefficient (Wildman–Crippen LogP) is 4.23. The molecule has 0 unspecified atom stereocenters. The molecule has 5 nitrogen and oxygen atoms in total. The zero-order chi connectivity index (χ0) is 14.5. The Labute approximate surface area is 120 Å². The van der Waals surface area contributed by atoms with Crippen LogP contribution in [-0.2, 0) is 0 Å². The highest BCUT2D eigenvalue weighted by molar-refractivity contribution is 6.32. The summed E-state index contributed by atoms with van der Waals surface area (Å²) >= 11 is 6.04. The number of nitrogens with one attached hydrogen (secondary N) is 1. The quantitative estimate of drug-likeness (QED) is 0.885. The maximum Gasteiger partial charge on any atom is 0.409 e. The molecule has 0 spiro atoms. The second-order valence-electron chi connectivity index (χ2n) is 3.85. The molecule has 0 bridgehead atoms. The van der Waals surface area contributed by atoms with Crippen molar-refractivity contribution < 1.29 is 19.4 Å². The van der Waals surface area contributed by atoms with Crippen molar-refractivity contribution in [2.24, 2.45) is 0 Å². The van der Waals surface area contributed by atoms with Gasteiger partial charge in [0.1, 0.15) is 17.2 Å². The lowest BCUT2D eigenvalue weighted by atomic mass is 10.3. The van der Waals surface area contributed by atoms with Gasteiger partial charge in [-0.3, -0.25) is 5.32 Å². The standard InChI is InChI=1S/C14H12ClNO4/c1-19-10-3-5-11(6-4-10)20-13-7-2-9(8-12(13)15)16-14(17)18/h2-8,16H,1H3,(H,17,18). The normalized spacial score (nSPS) is 9.90. The summed E-state index contributed by atoms with van der Waals surface area (Å²) in [5, 5.41) is 11.1. The van der Waals surface area contributed by atoms with E-state index >= 15 is 0 Å². The largest absolute Gasteiger partial charge is 0.497 e. The average Bonchev–Trinajstić information content (AvgIpc) is 2.42. The van der Waals surface area contributed by atoms with Crippen LogP contribution in [0.25, 0.3) is 0 Å². The predicted molar refractivity (Wildman–Crippen MR) is 76.2 cm³/mol. The Morgan fingerprint density at radius 1 is 1.15 bits per heavy atom. The van der Waals surface area contributed by atoms with E-state index in [0.717, 1.165) is 5.75 Å². The summed E-state index contributed by atoms with van der Waals surface area (Å²) in [5.74, 6) is 1.77. The minimum Gasteiger partial charge on any atom is -0.497 e. The molecular weight excluding hydrogens is 282 g/mol. The van der Waals surface area contributed by atoms with E-state index in [-0.39, 0.29) is 0 Å². The molecule has 2 rings (SSSR count). The van der Waals surface area contributed by atoms with Gasteiger partial charge in [0.15, 0.2) is 0 Å². The highest BCUT2D eigenvalue weighted by Crippen LogP contribution is 2.32. The van der Waals surface area contributed by atoms with Gasteiger partial charge in [-0.2, -0.15) is 0 Å². The number of hydrogen-bond acceptors (Lipinski definition) is 3. The molecule has 2 N–H and O–H groups in total. The molecule has 104 valence electrons. The van der Waals surface area contributed by atoms with E-state index in [4.69, 9.17) is 26.2 Å². The third-order valence-corrected chi connectivity index (χ3v) is 2.77. The lowest BCUT2D eigenvalue weighted by Gasteiger charge is -2.09. The molecule has 0 heterocycles. The van der Waals surface area contributed by atoms with E-state index in [1.807, 2.05) is 0 Å². The zero-order valence-electron chi connectivity index (χ0n) is 10.6. The van der Waals surface area contributed by atoms with Crippen molar-refractivity contribution in [1.29, 1.82) is 0 Å². The van der Waals surface area contributed by atoms with Crippen LogP contribution in [0.3, 0.4) is 0 Å². The Morgan fingerprint density at radius 3 is 2.35 bits per heavy atom. The van der Waals surface area contributed by atoms with Crippen LogP contribution in [0.15, 0.2) is 42.5 Å². The van der Waals surface area contributed by atoms with Crippen molar-refractivity contribution in [1.82, 2.24) is 0 Å². The second kappa shape index (κ2) is 6.16. The molecular formula is C14H12ClNO4. The fraction of sp³-hybridized carbons (Fsp3) is 0.0714. The number of ether oxygens (including phenoxy) is 2. The van der Waals surface area contributed by atoms with Crippen LogP contribution in [0, 0.1) is 0 Å². The topological polar surface area (TPSA) is 67.8 Å². The summed E-state index contributed by atoms with van der Waals surface area (Å²) in [4.78, 5) is 10.5. The van der Waals surface area contributed by atoms with Gasteiger partial charge in [0.2, 0.25) is 0 Å². The molecule has 0 atom stereocenters. The number of halogens is 1. The summed E-state index contributed by atoms with van der Waals surface area (Å²) in [6.07, 6.45) is -1.15. The Hall–Kier alpha value is -2.40. The lowest BCUT2D eigenvalue weighted by molar-refractivity contribution is 0.209. The van der Waals surface area contributed by atoms with Gasteiger partial charge in [-0.1, -0.05) is 11.6 Å². The van der Waals surface area contributed by atoms with E-state index in [0.29, 0.717) is 22.2 Å². The molecule has 0 radical (unpaired) electrons. The van der Waals surface area contributed by atoms with Crippen molar-refractivity contribution in [2.45, 2.75) is 0 Å². The minimum atomic E-state index is -1.15. The first-order chi connectivity index (χ1) is 9.58. The monoisotopic (exact) mass is 293 g/mol. The summed E-state index contributed by atoms with van der Waals surface area (Å²) in [6, 6.07) is 11.7. The van der Waals surface area contributed by atoms with Gasteiger partial charge in [0.05, 0.1) is 12.1 Å². The van der Waals surface area contributed by atoms with Crippen molar-refractivity contribution >= 4 is 23.4 Å². The van der Waals surface area contributed by atoms with Crippen LogP contribution in [0.4, 0.5) is 10.5 Å². The molecule has 20 heavy (non-hydrogen) atoms. The van der Waals surface area contributed by atoms with E-state index in [2.05, 4.69) is 5.32 Å². The number of rotatable bonds is 4. The van der Waals surface area contributed by atoms with Gasteiger partial charge in [-0.15, -0.1) is 0 Å². The van der Waals surface area contributed by atoms with Crippen molar-refractivity contribution in [3.05, 3.63) is 47.5 Å². The molecule has 0 aliphatic rings. The van der Waals surface area contributed by atoms with Gasteiger partial charge in [-0.25, -0.2) is 4.79 Å². The number of anilines is 1. The number of amides is 1. The SMILES string of the molecule is COc1ccc(Oc2ccc(NC(=O)O)cc2Cl)cc1. The van der Waals surface area contributed by atoms with Crippen LogP contribution in [0.5, 0.6) is 17.2 Å². The molecule has 0 aliphatic carbocycles. The first-order valence-corrected chi connectivity index (χ1v) is 6.07.